The van der Waals surface area contributed by atoms with Crippen molar-refractivity contribution < 1.29 is 0 Å². The number of rotatable bonds is 6. The quantitative estimate of drug-likeness (QED) is 0.151. The van der Waals surface area contributed by atoms with E-state index in [4.69, 9.17) is 0 Å². The maximum absolute atomic E-state index is 2.67. The van der Waals surface area contributed by atoms with Crippen molar-refractivity contribution in [2.75, 3.05) is 4.90 Å². The minimum atomic E-state index is -0.103. The number of fused-ring (bicyclic) bond motifs is 3. The van der Waals surface area contributed by atoms with Crippen LogP contribution in [0.3, 0.4) is 0 Å². The topological polar surface area (TPSA) is 8.17 Å². The van der Waals surface area contributed by atoms with Gasteiger partial charge in [-0.15, -0.1) is 0 Å². The van der Waals surface area contributed by atoms with E-state index in [0.717, 1.165) is 17.1 Å². The Morgan fingerprint density at radius 1 is 0.244 bits per heavy atom. The molecule has 86 heavy (non-hydrogen) atoms. The van der Waals surface area contributed by atoms with E-state index in [1.165, 1.54) is 127 Å². The van der Waals surface area contributed by atoms with Gasteiger partial charge in [0.15, 0.2) is 0 Å². The standard InChI is InChI=1S/C84H98N2/c1-77(2,3)55-29-37-71(65(47-55)53-41-59(81(13,14)15)45-60(42-53)82(16,17)18)85(72-38-30-56(78(4,5)6)48-66(72)54-43-61(83(19,20)21)46-62(44-54)84(22,23)24)69-35-27-51-26-34-64-70(36-28-52-25-33-63(69)75(51)76(52)64)86-73-39-31-57(79(7,8)9)49-67(73)68-50-58(80(10,11)12)32-40-74(68)86/h25-50H,1-24H3. The van der Waals surface area contributed by atoms with Gasteiger partial charge >= 0.3 is 0 Å². The zero-order valence-corrected chi connectivity index (χ0v) is 56.9. The van der Waals surface area contributed by atoms with Crippen LogP contribution in [0.2, 0.25) is 0 Å². The van der Waals surface area contributed by atoms with Gasteiger partial charge in [0.2, 0.25) is 0 Å². The number of anilines is 3. The summed E-state index contributed by atoms with van der Waals surface area (Å²) >= 11 is 0. The molecular weight excluding hydrogens is 1040 g/mol. The first-order chi connectivity index (χ1) is 39.7. The summed E-state index contributed by atoms with van der Waals surface area (Å²) in [6.07, 6.45) is 0. The van der Waals surface area contributed by atoms with Crippen molar-refractivity contribution >= 4 is 71.2 Å². The Kier molecular flexibility index (Phi) is 14.2. The minimum absolute atomic E-state index is 0.00525. The SMILES string of the molecule is CC(C)(C)c1cc(-c2cc(C(C)(C)C)ccc2N(c2ccc(C(C)(C)C)cc2-c2cc(C(C)(C)C)cc(C(C)(C)C)c2)c2ccc3ccc4c(-n5c6ccc(C(C)(C)C)cc6c6cc(C(C)(C)C)ccc65)ccc5ccc2c3c54)cc(C(C)(C)C)c1. The maximum atomic E-state index is 2.67. The lowest BCUT2D eigenvalue weighted by atomic mass is 9.77. The molecule has 11 aromatic rings. The van der Waals surface area contributed by atoms with Crippen LogP contribution < -0.4 is 4.90 Å². The summed E-state index contributed by atoms with van der Waals surface area (Å²) in [6, 6.07) is 63.3. The molecule has 0 amide bonds. The van der Waals surface area contributed by atoms with Crippen LogP contribution in [0.4, 0.5) is 17.1 Å². The Balaban J connectivity index is 1.29. The van der Waals surface area contributed by atoms with Gasteiger partial charge < -0.3 is 9.47 Å². The lowest BCUT2D eigenvalue weighted by Crippen LogP contribution is -2.19. The summed E-state index contributed by atoms with van der Waals surface area (Å²) in [5.41, 5.74) is 22.2. The highest BCUT2D eigenvalue weighted by Gasteiger charge is 2.31. The van der Waals surface area contributed by atoms with Crippen molar-refractivity contribution in [1.82, 2.24) is 4.57 Å². The molecule has 444 valence electrons. The third-order valence-electron chi connectivity index (χ3n) is 18.8. The van der Waals surface area contributed by atoms with Crippen molar-refractivity contribution in [3.8, 4) is 27.9 Å². The second kappa shape index (κ2) is 20.2. The van der Waals surface area contributed by atoms with Crippen molar-refractivity contribution in [2.45, 2.75) is 209 Å². The van der Waals surface area contributed by atoms with Crippen LogP contribution in [0, 0.1) is 0 Å². The molecule has 10 aromatic carbocycles. The first-order valence-corrected chi connectivity index (χ1v) is 31.9. The average Bonchev–Trinajstić information content (AvgIpc) is 1.19. The van der Waals surface area contributed by atoms with Gasteiger partial charge in [-0.1, -0.05) is 263 Å². The molecule has 0 saturated carbocycles. The number of hydrogen-bond donors (Lipinski definition) is 0. The van der Waals surface area contributed by atoms with Crippen LogP contribution >= 0.6 is 0 Å². The van der Waals surface area contributed by atoms with Crippen molar-refractivity contribution in [3.05, 3.63) is 202 Å². The molecule has 0 atom stereocenters. The Hall–Kier alpha value is -7.16. The smallest absolute Gasteiger partial charge is 0.0541 e. The van der Waals surface area contributed by atoms with Crippen LogP contribution in [-0.4, -0.2) is 4.57 Å². The van der Waals surface area contributed by atoms with Crippen molar-refractivity contribution in [2.24, 2.45) is 0 Å². The predicted octanol–water partition coefficient (Wildman–Crippen LogP) is 24.9. The fourth-order valence-corrected chi connectivity index (χ4v) is 12.9. The number of aromatic nitrogens is 1. The van der Waals surface area contributed by atoms with Gasteiger partial charge in [-0.25, -0.2) is 0 Å². The molecule has 0 radical (unpaired) electrons. The maximum Gasteiger partial charge on any atom is 0.0541 e. The van der Waals surface area contributed by atoms with Crippen LogP contribution in [0.1, 0.15) is 211 Å². The minimum Gasteiger partial charge on any atom is -0.309 e. The van der Waals surface area contributed by atoms with E-state index in [2.05, 4.69) is 333 Å². The van der Waals surface area contributed by atoms with E-state index in [0.29, 0.717) is 0 Å². The van der Waals surface area contributed by atoms with E-state index < -0.39 is 0 Å². The molecule has 0 N–H and O–H groups in total. The lowest BCUT2D eigenvalue weighted by Gasteiger charge is -2.34. The molecule has 1 aromatic heterocycles. The van der Waals surface area contributed by atoms with Gasteiger partial charge in [-0.3, -0.25) is 0 Å². The molecule has 11 rings (SSSR count). The number of hydrogen-bond acceptors (Lipinski definition) is 1. The van der Waals surface area contributed by atoms with Gasteiger partial charge in [-0.2, -0.15) is 0 Å². The Morgan fingerprint density at radius 2 is 0.547 bits per heavy atom. The number of nitrogens with zero attached hydrogens (tertiary/aromatic N) is 2. The summed E-state index contributed by atoms with van der Waals surface area (Å²) in [4.78, 5) is 2.67. The van der Waals surface area contributed by atoms with Gasteiger partial charge in [0.05, 0.1) is 33.8 Å². The molecule has 0 fully saturated rings. The molecule has 0 aliphatic carbocycles. The predicted molar refractivity (Wildman–Crippen MR) is 380 cm³/mol. The summed E-state index contributed by atoms with van der Waals surface area (Å²) in [6.45, 7) is 56.4. The van der Waals surface area contributed by atoms with E-state index in [-0.39, 0.29) is 43.3 Å². The molecule has 0 bridgehead atoms. The molecular formula is C84H98N2. The van der Waals surface area contributed by atoms with Crippen LogP contribution in [0.5, 0.6) is 0 Å². The summed E-state index contributed by atoms with van der Waals surface area (Å²) in [5, 5.41) is 10.1. The van der Waals surface area contributed by atoms with Crippen LogP contribution in [-0.2, 0) is 43.3 Å². The molecule has 0 aliphatic rings. The third kappa shape index (κ3) is 11.0. The molecule has 2 nitrogen and oxygen atoms in total. The van der Waals surface area contributed by atoms with Crippen molar-refractivity contribution in [3.63, 3.8) is 0 Å². The Morgan fingerprint density at radius 3 is 0.919 bits per heavy atom. The fraction of sp³-hybridized carbons (Fsp3) is 0.381. The van der Waals surface area contributed by atoms with E-state index in [1.54, 1.807) is 0 Å². The molecule has 0 spiro atoms. The molecule has 0 aliphatic heterocycles. The molecule has 2 heteroatoms. The highest BCUT2D eigenvalue weighted by atomic mass is 15.1. The fourth-order valence-electron chi connectivity index (χ4n) is 12.9. The normalized spacial score (nSPS) is 13.6. The van der Waals surface area contributed by atoms with Gasteiger partial charge in [0.1, 0.15) is 0 Å². The van der Waals surface area contributed by atoms with Gasteiger partial charge in [0.25, 0.3) is 0 Å². The lowest BCUT2D eigenvalue weighted by molar-refractivity contribution is 0.568. The number of benzene rings is 10. The van der Waals surface area contributed by atoms with E-state index >= 15 is 0 Å². The summed E-state index contributed by atoms with van der Waals surface area (Å²) < 4.78 is 2.56. The second-order valence-corrected chi connectivity index (χ2v) is 33.8. The highest BCUT2D eigenvalue weighted by Crippen LogP contribution is 2.53. The second-order valence-electron chi connectivity index (χ2n) is 33.8. The van der Waals surface area contributed by atoms with E-state index in [1.807, 2.05) is 0 Å². The summed E-state index contributed by atoms with van der Waals surface area (Å²) in [5.74, 6) is 0. The van der Waals surface area contributed by atoms with Crippen LogP contribution in [0.15, 0.2) is 158 Å². The van der Waals surface area contributed by atoms with Crippen LogP contribution in [0.25, 0.3) is 82.1 Å². The molecule has 0 saturated heterocycles. The average molecular weight is 1140 g/mol. The zero-order valence-electron chi connectivity index (χ0n) is 56.9. The third-order valence-corrected chi connectivity index (χ3v) is 18.8. The Labute approximate surface area is 517 Å². The summed E-state index contributed by atoms with van der Waals surface area (Å²) in [7, 11) is 0. The molecule has 1 heterocycles. The monoisotopic (exact) mass is 1130 g/mol. The highest BCUT2D eigenvalue weighted by molar-refractivity contribution is 6.28. The first-order valence-electron chi connectivity index (χ1n) is 31.9. The van der Waals surface area contributed by atoms with Gasteiger partial charge in [0, 0.05) is 32.7 Å². The molecule has 0 unspecified atom stereocenters. The Bertz CT molecular complexity index is 4180. The van der Waals surface area contributed by atoms with Crippen molar-refractivity contribution in [1.29, 1.82) is 0 Å². The van der Waals surface area contributed by atoms with E-state index in [9.17, 15) is 0 Å². The van der Waals surface area contributed by atoms with Gasteiger partial charge in [-0.05, 0) is 181 Å². The largest absolute Gasteiger partial charge is 0.309 e. The zero-order chi connectivity index (χ0) is 62.6. The first kappa shape index (κ1) is 60.5.